The van der Waals surface area contributed by atoms with Crippen LogP contribution in [0.15, 0.2) is 115 Å². The third kappa shape index (κ3) is 3.22. The Hall–Kier alpha value is -3.39. The summed E-state index contributed by atoms with van der Waals surface area (Å²) in [5.74, 6) is 0. The van der Waals surface area contributed by atoms with Crippen molar-refractivity contribution in [2.24, 2.45) is 0 Å². The molecule has 152 valence electrons. The molecule has 0 N–H and O–H groups in total. The van der Waals surface area contributed by atoms with Gasteiger partial charge in [0, 0.05) is 36.3 Å². The van der Waals surface area contributed by atoms with Crippen molar-refractivity contribution in [2.75, 3.05) is 0 Å². The van der Waals surface area contributed by atoms with Crippen LogP contribution in [0.4, 0.5) is 0 Å². The maximum absolute atomic E-state index is 7.00. The molecule has 0 atom stereocenters. The molecule has 0 bridgehead atoms. The van der Waals surface area contributed by atoms with Crippen LogP contribution in [-0.4, -0.2) is 0 Å². The topological polar surface area (TPSA) is 0 Å². The highest BCUT2D eigenvalue weighted by molar-refractivity contribution is 7.26. The van der Waals surface area contributed by atoms with E-state index in [2.05, 4.69) is 103 Å². The molecule has 0 aliphatic carbocycles. The van der Waals surface area contributed by atoms with Crippen LogP contribution in [0.1, 0.15) is 0 Å². The first-order chi connectivity index (χ1) is 15.8. The van der Waals surface area contributed by atoms with Crippen molar-refractivity contribution in [3.05, 3.63) is 120 Å². The molecule has 0 radical (unpaired) electrons. The van der Waals surface area contributed by atoms with E-state index in [9.17, 15) is 0 Å². The molecule has 0 aliphatic heterocycles. The summed E-state index contributed by atoms with van der Waals surface area (Å²) < 4.78 is 2.61. The molecule has 1 aromatic heterocycles. The molecule has 0 fully saturated rings. The van der Waals surface area contributed by atoms with Crippen molar-refractivity contribution in [1.29, 1.82) is 0 Å². The zero-order chi connectivity index (χ0) is 21.5. The van der Waals surface area contributed by atoms with Gasteiger partial charge < -0.3 is 0 Å². The van der Waals surface area contributed by atoms with E-state index in [0.717, 1.165) is 21.7 Å². The second-order valence-corrected chi connectivity index (χ2v) is 9.35. The maximum Gasteiger partial charge on any atom is 0.0496 e. The van der Waals surface area contributed by atoms with Crippen LogP contribution in [-0.2, 0) is 0 Å². The van der Waals surface area contributed by atoms with Crippen LogP contribution in [0.3, 0.4) is 0 Å². The Kier molecular flexibility index (Phi) is 4.79. The van der Waals surface area contributed by atoms with Gasteiger partial charge >= 0.3 is 0 Å². The Morgan fingerprint density at radius 1 is 0.500 bits per heavy atom. The monoisotopic (exact) mass is 446 g/mol. The van der Waals surface area contributed by atoms with Crippen LogP contribution >= 0.6 is 22.9 Å². The van der Waals surface area contributed by atoms with Crippen LogP contribution in [0, 0.1) is 0 Å². The van der Waals surface area contributed by atoms with Crippen LogP contribution in [0.25, 0.3) is 53.6 Å². The average molecular weight is 447 g/mol. The van der Waals surface area contributed by atoms with Gasteiger partial charge in [0.1, 0.15) is 0 Å². The predicted molar refractivity (Wildman–Crippen MR) is 141 cm³/mol. The standard InChI is InChI=1S/C30H19ClS/c31-27-19-22(20-10-3-1-4-11-20)18-26(29(27)21-12-5-2-6-13-21)25-16-9-15-24-23-14-7-8-17-28(23)32-30(24)25/h1-19H. The SMILES string of the molecule is Clc1cc(-c2ccccc2)cc(-c2cccc3c2sc2ccccc23)c1-c1ccccc1. The quantitative estimate of drug-likeness (QED) is 0.253. The summed E-state index contributed by atoms with van der Waals surface area (Å²) in [4.78, 5) is 0. The van der Waals surface area contributed by atoms with Crippen molar-refractivity contribution in [1.82, 2.24) is 0 Å². The zero-order valence-electron chi connectivity index (χ0n) is 17.3. The summed E-state index contributed by atoms with van der Waals surface area (Å²) in [6, 6.07) is 40.6. The highest BCUT2D eigenvalue weighted by atomic mass is 35.5. The fourth-order valence-electron chi connectivity index (χ4n) is 4.47. The van der Waals surface area contributed by atoms with Gasteiger partial charge in [-0.2, -0.15) is 0 Å². The van der Waals surface area contributed by atoms with Gasteiger partial charge in [0.15, 0.2) is 0 Å². The van der Waals surface area contributed by atoms with Gasteiger partial charge in [-0.1, -0.05) is 109 Å². The van der Waals surface area contributed by atoms with Gasteiger partial charge in [0.05, 0.1) is 0 Å². The maximum atomic E-state index is 7.00. The lowest BCUT2D eigenvalue weighted by Gasteiger charge is -2.16. The molecule has 2 heteroatoms. The molecule has 0 saturated heterocycles. The molecular weight excluding hydrogens is 428 g/mol. The number of fused-ring (bicyclic) bond motifs is 3. The van der Waals surface area contributed by atoms with Crippen molar-refractivity contribution >= 4 is 43.1 Å². The van der Waals surface area contributed by atoms with Crippen LogP contribution in [0.2, 0.25) is 5.02 Å². The number of thiophene rings is 1. The first-order valence-corrected chi connectivity index (χ1v) is 11.8. The van der Waals surface area contributed by atoms with E-state index >= 15 is 0 Å². The number of hydrogen-bond donors (Lipinski definition) is 0. The molecule has 0 unspecified atom stereocenters. The third-order valence-electron chi connectivity index (χ3n) is 5.95. The second-order valence-electron chi connectivity index (χ2n) is 7.89. The smallest absolute Gasteiger partial charge is 0.0496 e. The van der Waals surface area contributed by atoms with E-state index in [1.165, 1.54) is 36.9 Å². The molecule has 5 aromatic carbocycles. The normalized spacial score (nSPS) is 11.3. The van der Waals surface area contributed by atoms with Crippen molar-refractivity contribution in [3.63, 3.8) is 0 Å². The summed E-state index contributed by atoms with van der Waals surface area (Å²) >= 11 is 8.85. The molecule has 0 amide bonds. The molecule has 6 aromatic rings. The minimum absolute atomic E-state index is 0.769. The van der Waals surface area contributed by atoms with E-state index in [1.54, 1.807) is 0 Å². The van der Waals surface area contributed by atoms with Crippen molar-refractivity contribution < 1.29 is 0 Å². The number of halogens is 1. The minimum Gasteiger partial charge on any atom is -0.135 e. The first kappa shape index (κ1) is 19.3. The van der Waals surface area contributed by atoms with Gasteiger partial charge in [-0.05, 0) is 40.5 Å². The fraction of sp³-hybridized carbons (Fsp3) is 0. The Morgan fingerprint density at radius 2 is 1.16 bits per heavy atom. The van der Waals surface area contributed by atoms with Gasteiger partial charge in [0.2, 0.25) is 0 Å². The van der Waals surface area contributed by atoms with E-state index in [1.807, 2.05) is 23.5 Å². The molecule has 0 nitrogen and oxygen atoms in total. The summed E-state index contributed by atoms with van der Waals surface area (Å²) in [5.41, 5.74) is 6.89. The van der Waals surface area contributed by atoms with E-state index in [4.69, 9.17) is 11.6 Å². The van der Waals surface area contributed by atoms with Gasteiger partial charge in [-0.3, -0.25) is 0 Å². The van der Waals surface area contributed by atoms with E-state index in [-0.39, 0.29) is 0 Å². The number of hydrogen-bond acceptors (Lipinski definition) is 1. The predicted octanol–water partition coefficient (Wildman–Crippen LogP) is 9.71. The average Bonchev–Trinajstić information content (AvgIpc) is 3.23. The molecule has 6 rings (SSSR count). The molecule has 0 aliphatic rings. The first-order valence-electron chi connectivity index (χ1n) is 10.6. The lowest BCUT2D eigenvalue weighted by Crippen LogP contribution is -1.90. The minimum atomic E-state index is 0.769. The lowest BCUT2D eigenvalue weighted by molar-refractivity contribution is 1.58. The van der Waals surface area contributed by atoms with Gasteiger partial charge in [-0.15, -0.1) is 11.3 Å². The van der Waals surface area contributed by atoms with E-state index < -0.39 is 0 Å². The van der Waals surface area contributed by atoms with Crippen molar-refractivity contribution in [3.8, 4) is 33.4 Å². The van der Waals surface area contributed by atoms with Crippen molar-refractivity contribution in [2.45, 2.75) is 0 Å². The number of benzene rings is 5. The van der Waals surface area contributed by atoms with Crippen LogP contribution in [0.5, 0.6) is 0 Å². The fourth-order valence-corrected chi connectivity index (χ4v) is 6.03. The summed E-state index contributed by atoms with van der Waals surface area (Å²) in [7, 11) is 0. The Balaban J connectivity index is 1.70. The number of rotatable bonds is 3. The highest BCUT2D eigenvalue weighted by Gasteiger charge is 2.18. The van der Waals surface area contributed by atoms with Gasteiger partial charge in [0.25, 0.3) is 0 Å². The Bertz CT molecular complexity index is 1560. The third-order valence-corrected chi connectivity index (χ3v) is 7.47. The Labute approximate surface area is 196 Å². The zero-order valence-corrected chi connectivity index (χ0v) is 18.8. The molecular formula is C30H19ClS. The molecule has 0 saturated carbocycles. The van der Waals surface area contributed by atoms with E-state index in [0.29, 0.717) is 0 Å². The highest BCUT2D eigenvalue weighted by Crippen LogP contribution is 2.46. The Morgan fingerprint density at radius 3 is 1.94 bits per heavy atom. The second kappa shape index (κ2) is 7.94. The summed E-state index contributed by atoms with van der Waals surface area (Å²) in [6.07, 6.45) is 0. The summed E-state index contributed by atoms with van der Waals surface area (Å²) in [6.45, 7) is 0. The lowest BCUT2D eigenvalue weighted by atomic mass is 9.90. The summed E-state index contributed by atoms with van der Waals surface area (Å²) in [5, 5.41) is 3.37. The molecule has 32 heavy (non-hydrogen) atoms. The molecule has 1 heterocycles. The largest absolute Gasteiger partial charge is 0.135 e. The van der Waals surface area contributed by atoms with Gasteiger partial charge in [-0.25, -0.2) is 0 Å². The molecule has 0 spiro atoms. The van der Waals surface area contributed by atoms with Crippen LogP contribution < -0.4 is 0 Å².